The van der Waals surface area contributed by atoms with E-state index in [1.54, 1.807) is 6.33 Å². The molecule has 19 heavy (non-hydrogen) atoms. The Morgan fingerprint density at radius 3 is 2.84 bits per heavy atom. The van der Waals surface area contributed by atoms with E-state index in [2.05, 4.69) is 9.97 Å². The van der Waals surface area contributed by atoms with Crippen LogP contribution in [0.15, 0.2) is 24.5 Å². The number of aryl methyl sites for hydroxylation is 2. The number of nitrogens with zero attached hydrogens (tertiary/aromatic N) is 2. The number of hydrogen-bond donors (Lipinski definition) is 1. The molecule has 2 aromatic rings. The maximum absolute atomic E-state index is 5.96. The van der Waals surface area contributed by atoms with Gasteiger partial charge in [-0.25, -0.2) is 9.97 Å². The van der Waals surface area contributed by atoms with Crippen molar-refractivity contribution in [1.29, 1.82) is 0 Å². The van der Waals surface area contributed by atoms with Crippen LogP contribution in [0.5, 0.6) is 11.6 Å². The van der Waals surface area contributed by atoms with E-state index < -0.39 is 0 Å². The fraction of sp³-hybridized carbons (Fsp3) is 0.333. The summed E-state index contributed by atoms with van der Waals surface area (Å²) in [7, 11) is 0. The number of ether oxygens (including phenoxy) is 1. The summed E-state index contributed by atoms with van der Waals surface area (Å²) >= 11 is 0. The highest BCUT2D eigenvalue weighted by molar-refractivity contribution is 5.48. The topological polar surface area (TPSA) is 61.0 Å². The highest BCUT2D eigenvalue weighted by Gasteiger charge is 2.17. The first-order chi connectivity index (χ1) is 9.24. The first-order valence-electron chi connectivity index (χ1n) is 6.61. The van der Waals surface area contributed by atoms with Crippen LogP contribution < -0.4 is 10.5 Å². The van der Waals surface area contributed by atoms with Gasteiger partial charge in [0.25, 0.3) is 0 Å². The largest absolute Gasteiger partial charge is 0.438 e. The monoisotopic (exact) mass is 255 g/mol. The Morgan fingerprint density at radius 1 is 1.16 bits per heavy atom. The third kappa shape index (κ3) is 2.38. The average Bonchev–Trinajstić information content (AvgIpc) is 2.42. The third-order valence-corrected chi connectivity index (χ3v) is 3.49. The van der Waals surface area contributed by atoms with Crippen LogP contribution in [0.1, 0.15) is 29.7 Å². The summed E-state index contributed by atoms with van der Waals surface area (Å²) in [5.74, 6) is 1.50. The summed E-state index contributed by atoms with van der Waals surface area (Å²) < 4.78 is 5.96. The number of nitrogens with two attached hydrogens (primary N) is 1. The molecule has 0 bridgehead atoms. The Kier molecular flexibility index (Phi) is 3.07. The Labute approximate surface area is 112 Å². The van der Waals surface area contributed by atoms with E-state index in [1.807, 2.05) is 25.1 Å². The minimum Gasteiger partial charge on any atom is -0.438 e. The average molecular weight is 255 g/mol. The third-order valence-electron chi connectivity index (χ3n) is 3.49. The number of benzene rings is 1. The van der Waals surface area contributed by atoms with Gasteiger partial charge in [-0.3, -0.25) is 0 Å². The molecule has 0 saturated heterocycles. The van der Waals surface area contributed by atoms with Crippen LogP contribution in [0.4, 0.5) is 5.69 Å². The second kappa shape index (κ2) is 4.88. The van der Waals surface area contributed by atoms with E-state index in [0.29, 0.717) is 5.88 Å². The second-order valence-corrected chi connectivity index (χ2v) is 4.94. The van der Waals surface area contributed by atoms with Gasteiger partial charge in [0.15, 0.2) is 0 Å². The van der Waals surface area contributed by atoms with Crippen molar-refractivity contribution in [3.05, 3.63) is 41.3 Å². The van der Waals surface area contributed by atoms with Crippen molar-refractivity contribution in [2.45, 2.75) is 32.6 Å². The molecule has 0 fully saturated rings. The standard InChI is InChI=1S/C15H17N3O/c1-10-8-11(16)6-7-14(10)19-15-12-4-2-3-5-13(12)17-9-18-15/h6-9H,2-5,16H2,1H3. The van der Waals surface area contributed by atoms with E-state index in [0.717, 1.165) is 41.1 Å². The number of rotatable bonds is 2. The Balaban J connectivity index is 1.95. The van der Waals surface area contributed by atoms with Gasteiger partial charge in [-0.15, -0.1) is 0 Å². The van der Waals surface area contributed by atoms with Gasteiger partial charge >= 0.3 is 0 Å². The molecule has 1 aromatic heterocycles. The number of hydrogen-bond acceptors (Lipinski definition) is 4. The molecule has 0 aliphatic heterocycles. The van der Waals surface area contributed by atoms with Crippen molar-refractivity contribution < 1.29 is 4.74 Å². The van der Waals surface area contributed by atoms with Crippen molar-refractivity contribution in [2.24, 2.45) is 0 Å². The molecule has 98 valence electrons. The first kappa shape index (κ1) is 12.0. The predicted molar refractivity (Wildman–Crippen MR) is 74.3 cm³/mol. The van der Waals surface area contributed by atoms with Gasteiger partial charge in [0.1, 0.15) is 12.1 Å². The van der Waals surface area contributed by atoms with Gasteiger partial charge in [-0.1, -0.05) is 0 Å². The number of fused-ring (bicyclic) bond motifs is 1. The fourth-order valence-electron chi connectivity index (χ4n) is 2.47. The van der Waals surface area contributed by atoms with Gasteiger partial charge in [0.2, 0.25) is 5.88 Å². The summed E-state index contributed by atoms with van der Waals surface area (Å²) in [4.78, 5) is 8.63. The van der Waals surface area contributed by atoms with Crippen LogP contribution in [-0.4, -0.2) is 9.97 Å². The molecule has 1 aliphatic rings. The molecule has 1 aromatic carbocycles. The minimum atomic E-state index is 0.692. The lowest BCUT2D eigenvalue weighted by Gasteiger charge is -2.17. The molecule has 4 heteroatoms. The molecule has 0 unspecified atom stereocenters. The molecule has 1 heterocycles. The maximum atomic E-state index is 5.96. The second-order valence-electron chi connectivity index (χ2n) is 4.94. The van der Waals surface area contributed by atoms with Crippen molar-refractivity contribution in [2.75, 3.05) is 5.73 Å². The molecular formula is C15H17N3O. The zero-order chi connectivity index (χ0) is 13.2. The molecule has 0 amide bonds. The van der Waals surface area contributed by atoms with Crippen LogP contribution in [0, 0.1) is 6.92 Å². The normalized spacial score (nSPS) is 13.9. The molecule has 2 N–H and O–H groups in total. The molecule has 1 aliphatic carbocycles. The van der Waals surface area contributed by atoms with E-state index in [4.69, 9.17) is 10.5 Å². The predicted octanol–water partition coefficient (Wildman–Crippen LogP) is 3.04. The van der Waals surface area contributed by atoms with Crippen LogP contribution in [0.2, 0.25) is 0 Å². The summed E-state index contributed by atoms with van der Waals surface area (Å²) in [6.07, 6.45) is 5.99. The molecule has 4 nitrogen and oxygen atoms in total. The van der Waals surface area contributed by atoms with Gasteiger partial charge in [-0.2, -0.15) is 0 Å². The van der Waals surface area contributed by atoms with E-state index in [9.17, 15) is 0 Å². The quantitative estimate of drug-likeness (QED) is 0.838. The van der Waals surface area contributed by atoms with Crippen molar-refractivity contribution in [3.63, 3.8) is 0 Å². The molecule has 0 radical (unpaired) electrons. The van der Waals surface area contributed by atoms with E-state index in [1.165, 1.54) is 12.8 Å². The van der Waals surface area contributed by atoms with E-state index >= 15 is 0 Å². The number of nitrogen functional groups attached to an aromatic ring is 1. The summed E-state index contributed by atoms with van der Waals surface area (Å²) in [5, 5.41) is 0. The molecule has 0 saturated carbocycles. The number of aromatic nitrogens is 2. The van der Waals surface area contributed by atoms with Gasteiger partial charge in [-0.05, 0) is 56.4 Å². The van der Waals surface area contributed by atoms with Crippen LogP contribution in [-0.2, 0) is 12.8 Å². The van der Waals surface area contributed by atoms with Gasteiger partial charge in [0.05, 0.1) is 5.69 Å². The van der Waals surface area contributed by atoms with Crippen LogP contribution >= 0.6 is 0 Å². The Hall–Kier alpha value is -2.10. The molecular weight excluding hydrogens is 238 g/mol. The first-order valence-corrected chi connectivity index (χ1v) is 6.61. The highest BCUT2D eigenvalue weighted by Crippen LogP contribution is 2.31. The fourth-order valence-corrected chi connectivity index (χ4v) is 2.47. The number of anilines is 1. The van der Waals surface area contributed by atoms with Crippen LogP contribution in [0.25, 0.3) is 0 Å². The lowest BCUT2D eigenvalue weighted by Crippen LogP contribution is -2.08. The zero-order valence-corrected chi connectivity index (χ0v) is 11.0. The van der Waals surface area contributed by atoms with Crippen molar-refractivity contribution >= 4 is 5.69 Å². The summed E-state index contributed by atoms with van der Waals surface area (Å²) in [6.45, 7) is 1.99. The maximum Gasteiger partial charge on any atom is 0.225 e. The highest BCUT2D eigenvalue weighted by atomic mass is 16.5. The lowest BCUT2D eigenvalue weighted by atomic mass is 9.97. The smallest absolute Gasteiger partial charge is 0.225 e. The van der Waals surface area contributed by atoms with Crippen molar-refractivity contribution in [3.8, 4) is 11.6 Å². The summed E-state index contributed by atoms with van der Waals surface area (Å²) in [5.41, 5.74) is 9.80. The zero-order valence-electron chi connectivity index (χ0n) is 11.0. The molecule has 0 spiro atoms. The Bertz CT molecular complexity index is 610. The Morgan fingerprint density at radius 2 is 2.00 bits per heavy atom. The van der Waals surface area contributed by atoms with E-state index in [-0.39, 0.29) is 0 Å². The lowest BCUT2D eigenvalue weighted by molar-refractivity contribution is 0.444. The molecule has 3 rings (SSSR count). The van der Waals surface area contributed by atoms with Crippen LogP contribution in [0.3, 0.4) is 0 Å². The minimum absolute atomic E-state index is 0.692. The van der Waals surface area contributed by atoms with Gasteiger partial charge in [0, 0.05) is 11.3 Å². The van der Waals surface area contributed by atoms with Crippen molar-refractivity contribution in [1.82, 2.24) is 9.97 Å². The molecule has 0 atom stereocenters. The SMILES string of the molecule is Cc1cc(N)ccc1Oc1ncnc2c1CCCC2. The van der Waals surface area contributed by atoms with Gasteiger partial charge < -0.3 is 10.5 Å². The summed E-state index contributed by atoms with van der Waals surface area (Å²) in [6, 6.07) is 5.64.